The summed E-state index contributed by atoms with van der Waals surface area (Å²) in [6, 6.07) is 18.3. The third kappa shape index (κ3) is 3.92. The molecule has 1 unspecified atom stereocenters. The van der Waals surface area contributed by atoms with E-state index >= 15 is 0 Å². The topological polar surface area (TPSA) is 79.8 Å². The van der Waals surface area contributed by atoms with Gasteiger partial charge in [-0.2, -0.15) is 0 Å². The van der Waals surface area contributed by atoms with Gasteiger partial charge < -0.3 is 10.6 Å². The van der Waals surface area contributed by atoms with E-state index in [0.29, 0.717) is 5.82 Å². The zero-order valence-electron chi connectivity index (χ0n) is 13.2. The quantitative estimate of drug-likeness (QED) is 0.754. The maximum absolute atomic E-state index is 12.1. The molecule has 2 aromatic heterocycles. The van der Waals surface area contributed by atoms with Crippen LogP contribution in [0.25, 0.3) is 0 Å². The van der Waals surface area contributed by atoms with Gasteiger partial charge in [-0.3, -0.25) is 9.78 Å². The number of rotatable bonds is 5. The van der Waals surface area contributed by atoms with Crippen molar-refractivity contribution < 1.29 is 4.79 Å². The van der Waals surface area contributed by atoms with E-state index in [1.165, 1.54) is 0 Å². The van der Waals surface area contributed by atoms with E-state index in [2.05, 4.69) is 25.8 Å². The molecule has 0 fully saturated rings. The minimum Gasteiger partial charge on any atom is -0.360 e. The first kappa shape index (κ1) is 15.6. The van der Waals surface area contributed by atoms with Crippen LogP contribution in [-0.2, 0) is 0 Å². The zero-order valence-corrected chi connectivity index (χ0v) is 13.2. The fraction of sp³-hybridized carbons (Fsp3) is 0.111. The van der Waals surface area contributed by atoms with Gasteiger partial charge in [-0.25, -0.2) is 0 Å². The van der Waals surface area contributed by atoms with Gasteiger partial charge in [0.15, 0.2) is 5.69 Å². The van der Waals surface area contributed by atoms with Crippen LogP contribution in [0, 0.1) is 0 Å². The molecule has 0 aliphatic heterocycles. The maximum Gasteiger partial charge on any atom is 0.276 e. The van der Waals surface area contributed by atoms with E-state index in [4.69, 9.17) is 0 Å². The van der Waals surface area contributed by atoms with Crippen molar-refractivity contribution in [1.82, 2.24) is 15.2 Å². The lowest BCUT2D eigenvalue weighted by Gasteiger charge is -2.13. The Hall–Kier alpha value is -3.28. The predicted octanol–water partition coefficient (Wildman–Crippen LogP) is 3.30. The van der Waals surface area contributed by atoms with Gasteiger partial charge in [-0.1, -0.05) is 24.3 Å². The summed E-state index contributed by atoms with van der Waals surface area (Å²) in [5, 5.41) is 14.0. The highest BCUT2D eigenvalue weighted by Crippen LogP contribution is 2.15. The molecule has 3 aromatic rings. The molecule has 0 spiro atoms. The summed E-state index contributed by atoms with van der Waals surface area (Å²) < 4.78 is 0. The lowest BCUT2D eigenvalue weighted by Crippen LogP contribution is -2.15. The smallest absolute Gasteiger partial charge is 0.276 e. The first-order valence-corrected chi connectivity index (χ1v) is 7.60. The Balaban J connectivity index is 1.64. The van der Waals surface area contributed by atoms with E-state index in [-0.39, 0.29) is 17.6 Å². The number of carbonyl (C=O) groups excluding carboxylic acids is 1. The standard InChI is InChI=1S/C18H17N5O/c1-13(15-9-5-6-12-19-15)20-17-11-10-16(22-23-17)18(24)21-14-7-3-2-4-8-14/h2-13H,1H3,(H,20,23)(H,21,24). The summed E-state index contributed by atoms with van der Waals surface area (Å²) in [5.74, 6) is 0.294. The van der Waals surface area contributed by atoms with Crippen LogP contribution < -0.4 is 10.6 Å². The third-order valence-electron chi connectivity index (χ3n) is 3.42. The lowest BCUT2D eigenvalue weighted by molar-refractivity contribution is 0.102. The van der Waals surface area contributed by atoms with Gasteiger partial charge in [0.2, 0.25) is 0 Å². The van der Waals surface area contributed by atoms with Crippen LogP contribution in [0.5, 0.6) is 0 Å². The highest BCUT2D eigenvalue weighted by Gasteiger charge is 2.10. The second kappa shape index (κ2) is 7.32. The maximum atomic E-state index is 12.1. The van der Waals surface area contributed by atoms with Gasteiger partial charge >= 0.3 is 0 Å². The molecule has 1 aromatic carbocycles. The molecule has 2 N–H and O–H groups in total. The predicted molar refractivity (Wildman–Crippen MR) is 92.7 cm³/mol. The number of hydrogen-bond acceptors (Lipinski definition) is 5. The largest absolute Gasteiger partial charge is 0.360 e. The Morgan fingerprint density at radius 3 is 2.42 bits per heavy atom. The molecular weight excluding hydrogens is 302 g/mol. The Kier molecular flexibility index (Phi) is 4.76. The molecule has 0 saturated heterocycles. The SMILES string of the molecule is CC(Nc1ccc(C(=O)Nc2ccccc2)nn1)c1ccccn1. The molecule has 1 amide bonds. The zero-order chi connectivity index (χ0) is 16.8. The summed E-state index contributed by atoms with van der Waals surface area (Å²) in [6.45, 7) is 1.99. The van der Waals surface area contributed by atoms with Gasteiger partial charge in [-0.05, 0) is 43.3 Å². The molecule has 24 heavy (non-hydrogen) atoms. The number of amides is 1. The van der Waals surface area contributed by atoms with Crippen LogP contribution in [0.3, 0.4) is 0 Å². The number of nitrogens with one attached hydrogen (secondary N) is 2. The van der Waals surface area contributed by atoms with Crippen molar-refractivity contribution in [3.63, 3.8) is 0 Å². The van der Waals surface area contributed by atoms with Crippen LogP contribution in [0.4, 0.5) is 11.5 Å². The average molecular weight is 319 g/mol. The van der Waals surface area contributed by atoms with Crippen LogP contribution in [0.2, 0.25) is 0 Å². The average Bonchev–Trinajstić information content (AvgIpc) is 2.64. The van der Waals surface area contributed by atoms with E-state index in [1.807, 2.05) is 55.5 Å². The molecule has 0 aliphatic rings. The fourth-order valence-corrected chi connectivity index (χ4v) is 2.17. The molecule has 6 nitrogen and oxygen atoms in total. The second-order valence-corrected chi connectivity index (χ2v) is 5.24. The van der Waals surface area contributed by atoms with Crippen molar-refractivity contribution in [3.05, 3.63) is 78.2 Å². The number of benzene rings is 1. The molecule has 120 valence electrons. The summed E-state index contributed by atoms with van der Waals surface area (Å²) in [4.78, 5) is 16.4. The lowest BCUT2D eigenvalue weighted by atomic mass is 10.2. The molecule has 3 rings (SSSR count). The highest BCUT2D eigenvalue weighted by molar-refractivity contribution is 6.02. The molecule has 0 bridgehead atoms. The van der Waals surface area contributed by atoms with Crippen LogP contribution >= 0.6 is 0 Å². The monoisotopic (exact) mass is 319 g/mol. The van der Waals surface area contributed by atoms with Gasteiger partial charge in [0.05, 0.1) is 11.7 Å². The molecule has 2 heterocycles. The Morgan fingerprint density at radius 2 is 1.75 bits per heavy atom. The van der Waals surface area contributed by atoms with E-state index < -0.39 is 0 Å². The van der Waals surface area contributed by atoms with Crippen molar-refractivity contribution in [2.24, 2.45) is 0 Å². The highest BCUT2D eigenvalue weighted by atomic mass is 16.1. The van der Waals surface area contributed by atoms with Gasteiger partial charge in [-0.15, -0.1) is 10.2 Å². The first-order chi connectivity index (χ1) is 11.7. The van der Waals surface area contributed by atoms with Gasteiger partial charge in [0.1, 0.15) is 5.82 Å². The second-order valence-electron chi connectivity index (χ2n) is 5.24. The number of nitrogens with zero attached hydrogens (tertiary/aromatic N) is 3. The molecule has 0 radical (unpaired) electrons. The minimum atomic E-state index is -0.293. The molecule has 6 heteroatoms. The molecule has 0 aliphatic carbocycles. The summed E-state index contributed by atoms with van der Waals surface area (Å²) in [7, 11) is 0. The number of anilines is 2. The van der Waals surface area contributed by atoms with Gasteiger partial charge in [0, 0.05) is 11.9 Å². The summed E-state index contributed by atoms with van der Waals surface area (Å²) in [5.41, 5.74) is 1.88. The number of pyridine rings is 1. The van der Waals surface area contributed by atoms with Crippen molar-refractivity contribution >= 4 is 17.4 Å². The van der Waals surface area contributed by atoms with Crippen molar-refractivity contribution in [1.29, 1.82) is 0 Å². The fourth-order valence-electron chi connectivity index (χ4n) is 2.17. The van der Waals surface area contributed by atoms with Crippen molar-refractivity contribution in [2.75, 3.05) is 10.6 Å². The number of aromatic nitrogens is 3. The van der Waals surface area contributed by atoms with Gasteiger partial charge in [0.25, 0.3) is 5.91 Å². The van der Waals surface area contributed by atoms with Crippen molar-refractivity contribution in [3.8, 4) is 0 Å². The number of hydrogen-bond donors (Lipinski definition) is 2. The number of para-hydroxylation sites is 1. The van der Waals surface area contributed by atoms with Crippen molar-refractivity contribution in [2.45, 2.75) is 13.0 Å². The minimum absolute atomic E-state index is 0.00973. The van der Waals surface area contributed by atoms with Crippen LogP contribution in [0.15, 0.2) is 66.9 Å². The van der Waals surface area contributed by atoms with E-state index in [1.54, 1.807) is 18.3 Å². The van der Waals surface area contributed by atoms with Crippen LogP contribution in [-0.4, -0.2) is 21.1 Å². The van der Waals surface area contributed by atoms with E-state index in [9.17, 15) is 4.79 Å². The van der Waals surface area contributed by atoms with E-state index in [0.717, 1.165) is 11.4 Å². The molecular formula is C18H17N5O. The first-order valence-electron chi connectivity index (χ1n) is 7.60. The Bertz CT molecular complexity index is 791. The molecule has 0 saturated carbocycles. The number of carbonyl (C=O) groups is 1. The Morgan fingerprint density at radius 1 is 0.958 bits per heavy atom. The summed E-state index contributed by atoms with van der Waals surface area (Å²) >= 11 is 0. The normalized spacial score (nSPS) is 11.5. The molecule has 1 atom stereocenters. The Labute approximate surface area is 140 Å². The summed E-state index contributed by atoms with van der Waals surface area (Å²) in [6.07, 6.45) is 1.75. The van der Waals surface area contributed by atoms with Crippen LogP contribution in [0.1, 0.15) is 29.1 Å². The third-order valence-corrected chi connectivity index (χ3v) is 3.42.